The van der Waals surface area contributed by atoms with Gasteiger partial charge in [0.15, 0.2) is 11.5 Å². The van der Waals surface area contributed by atoms with Crippen molar-refractivity contribution in [1.82, 2.24) is 9.78 Å². The molecule has 34 heavy (non-hydrogen) atoms. The molecule has 0 saturated heterocycles. The third-order valence-electron chi connectivity index (χ3n) is 5.92. The van der Waals surface area contributed by atoms with Gasteiger partial charge in [0.2, 0.25) is 5.91 Å². The quantitative estimate of drug-likeness (QED) is 0.418. The van der Waals surface area contributed by atoms with Gasteiger partial charge in [-0.2, -0.15) is 5.10 Å². The molecule has 0 unspecified atom stereocenters. The molecule has 1 aliphatic rings. The fraction of sp³-hybridized carbons (Fsp3) is 0.148. The van der Waals surface area contributed by atoms with Crippen molar-refractivity contribution in [2.75, 3.05) is 19.5 Å². The van der Waals surface area contributed by atoms with Crippen molar-refractivity contribution in [3.63, 3.8) is 0 Å². The van der Waals surface area contributed by atoms with Crippen LogP contribution in [0.4, 0.5) is 5.69 Å². The Hall–Kier alpha value is -4.39. The van der Waals surface area contributed by atoms with Crippen molar-refractivity contribution in [1.29, 1.82) is 0 Å². The molecule has 0 bridgehead atoms. The van der Waals surface area contributed by atoms with E-state index in [0.29, 0.717) is 22.9 Å². The van der Waals surface area contributed by atoms with Crippen molar-refractivity contribution in [2.45, 2.75) is 13.0 Å². The van der Waals surface area contributed by atoms with E-state index in [4.69, 9.17) is 9.47 Å². The number of amides is 1. The molecular formula is C27H23N3O4. The highest BCUT2D eigenvalue weighted by atomic mass is 16.5. The van der Waals surface area contributed by atoms with Gasteiger partial charge in [-0.15, -0.1) is 0 Å². The second-order valence-corrected chi connectivity index (χ2v) is 8.04. The average molecular weight is 453 g/mol. The zero-order valence-corrected chi connectivity index (χ0v) is 18.9. The SMILES string of the molecule is COc1ccc(-c2ccc(=O)n(CC(=O)Nc3ccc4c(c3)Cc3ccccc3-4)n2)cc1OC. The molecule has 5 rings (SSSR count). The molecule has 0 saturated carbocycles. The van der Waals surface area contributed by atoms with E-state index in [0.717, 1.165) is 16.7 Å². The number of anilines is 1. The van der Waals surface area contributed by atoms with Gasteiger partial charge in [0, 0.05) is 17.3 Å². The topological polar surface area (TPSA) is 82.5 Å². The minimum Gasteiger partial charge on any atom is -0.493 e. The fourth-order valence-electron chi connectivity index (χ4n) is 4.27. The minimum absolute atomic E-state index is 0.197. The van der Waals surface area contributed by atoms with Crippen molar-refractivity contribution in [3.05, 3.63) is 94.3 Å². The number of nitrogens with zero attached hydrogens (tertiary/aromatic N) is 2. The Bertz CT molecular complexity index is 1460. The van der Waals surface area contributed by atoms with Crippen LogP contribution in [0, 0.1) is 0 Å². The zero-order chi connectivity index (χ0) is 23.7. The highest BCUT2D eigenvalue weighted by Gasteiger charge is 2.18. The zero-order valence-electron chi connectivity index (χ0n) is 18.9. The molecule has 4 aromatic rings. The monoisotopic (exact) mass is 453 g/mol. The molecule has 0 atom stereocenters. The molecule has 1 aliphatic carbocycles. The summed E-state index contributed by atoms with van der Waals surface area (Å²) >= 11 is 0. The molecule has 1 N–H and O–H groups in total. The molecule has 0 fully saturated rings. The maximum atomic E-state index is 12.7. The lowest BCUT2D eigenvalue weighted by Gasteiger charge is -2.11. The summed E-state index contributed by atoms with van der Waals surface area (Å²) in [6.45, 7) is -0.197. The summed E-state index contributed by atoms with van der Waals surface area (Å²) < 4.78 is 11.8. The fourth-order valence-corrected chi connectivity index (χ4v) is 4.27. The standard InChI is InChI=1S/C27H23N3O4/c1-33-24-11-7-18(15-25(24)34-2)23-10-12-27(32)30(29-23)16-26(31)28-20-8-9-22-19(14-20)13-17-5-3-4-6-21(17)22/h3-12,14-15H,13,16H2,1-2H3,(H,28,31). The maximum Gasteiger partial charge on any atom is 0.267 e. The van der Waals surface area contributed by atoms with E-state index in [1.807, 2.05) is 36.4 Å². The lowest BCUT2D eigenvalue weighted by atomic mass is 10.1. The van der Waals surface area contributed by atoms with Crippen LogP contribution in [-0.4, -0.2) is 29.9 Å². The van der Waals surface area contributed by atoms with Gasteiger partial charge >= 0.3 is 0 Å². The number of benzene rings is 3. The summed E-state index contributed by atoms with van der Waals surface area (Å²) in [6, 6.07) is 22.6. The Labute approximate surface area is 196 Å². The molecule has 0 spiro atoms. The summed E-state index contributed by atoms with van der Waals surface area (Å²) in [5, 5.41) is 7.28. The number of aromatic nitrogens is 2. The van der Waals surface area contributed by atoms with E-state index in [9.17, 15) is 9.59 Å². The molecule has 1 amide bonds. The van der Waals surface area contributed by atoms with Gasteiger partial charge in [0.05, 0.1) is 19.9 Å². The Morgan fingerprint density at radius 1 is 0.912 bits per heavy atom. The van der Waals surface area contributed by atoms with Gasteiger partial charge in [0.25, 0.3) is 5.56 Å². The second kappa shape index (κ2) is 8.86. The van der Waals surface area contributed by atoms with Gasteiger partial charge in [0.1, 0.15) is 6.54 Å². The summed E-state index contributed by atoms with van der Waals surface area (Å²) in [4.78, 5) is 25.1. The number of ether oxygens (including phenoxy) is 2. The van der Waals surface area contributed by atoms with Crippen LogP contribution in [0.1, 0.15) is 11.1 Å². The highest BCUT2D eigenvalue weighted by molar-refractivity contribution is 5.91. The number of rotatable bonds is 6. The predicted molar refractivity (Wildman–Crippen MR) is 130 cm³/mol. The van der Waals surface area contributed by atoms with Crippen LogP contribution in [0.15, 0.2) is 77.6 Å². The van der Waals surface area contributed by atoms with Crippen molar-refractivity contribution >= 4 is 11.6 Å². The first-order valence-corrected chi connectivity index (χ1v) is 10.9. The average Bonchev–Trinajstić information content (AvgIpc) is 3.22. The number of methoxy groups -OCH3 is 2. The Kier molecular flexibility index (Phi) is 5.59. The van der Waals surface area contributed by atoms with Crippen molar-refractivity contribution in [2.24, 2.45) is 0 Å². The van der Waals surface area contributed by atoms with E-state index in [1.54, 1.807) is 32.4 Å². The van der Waals surface area contributed by atoms with Crippen LogP contribution in [0.25, 0.3) is 22.4 Å². The van der Waals surface area contributed by atoms with Crippen LogP contribution < -0.4 is 20.3 Å². The van der Waals surface area contributed by atoms with E-state index in [2.05, 4.69) is 22.5 Å². The second-order valence-electron chi connectivity index (χ2n) is 8.04. The van der Waals surface area contributed by atoms with Crippen LogP contribution in [0.5, 0.6) is 11.5 Å². The number of fused-ring (bicyclic) bond motifs is 3. The van der Waals surface area contributed by atoms with E-state index < -0.39 is 0 Å². The predicted octanol–water partition coefficient (Wildman–Crippen LogP) is 4.14. The third kappa shape index (κ3) is 4.03. The molecule has 1 heterocycles. The van der Waals surface area contributed by atoms with E-state index >= 15 is 0 Å². The third-order valence-corrected chi connectivity index (χ3v) is 5.92. The van der Waals surface area contributed by atoms with Crippen LogP contribution in [0.2, 0.25) is 0 Å². The van der Waals surface area contributed by atoms with Crippen LogP contribution >= 0.6 is 0 Å². The van der Waals surface area contributed by atoms with Gasteiger partial charge in [-0.25, -0.2) is 4.68 Å². The van der Waals surface area contributed by atoms with Gasteiger partial charge in [-0.1, -0.05) is 30.3 Å². The molecule has 0 aliphatic heterocycles. The van der Waals surface area contributed by atoms with E-state index in [-0.39, 0.29) is 18.0 Å². The molecule has 0 radical (unpaired) electrons. The Balaban J connectivity index is 1.34. The van der Waals surface area contributed by atoms with Gasteiger partial charge < -0.3 is 14.8 Å². The lowest BCUT2D eigenvalue weighted by molar-refractivity contribution is -0.117. The Morgan fingerprint density at radius 3 is 2.53 bits per heavy atom. The molecule has 1 aromatic heterocycles. The molecular weight excluding hydrogens is 430 g/mol. The van der Waals surface area contributed by atoms with Crippen LogP contribution in [-0.2, 0) is 17.8 Å². The summed E-state index contributed by atoms with van der Waals surface area (Å²) in [7, 11) is 3.12. The summed E-state index contributed by atoms with van der Waals surface area (Å²) in [5.41, 5.74) is 6.50. The molecule has 7 heteroatoms. The lowest BCUT2D eigenvalue weighted by Crippen LogP contribution is -2.29. The summed E-state index contributed by atoms with van der Waals surface area (Å²) in [5.74, 6) is 0.821. The smallest absolute Gasteiger partial charge is 0.267 e. The first-order valence-electron chi connectivity index (χ1n) is 10.9. The van der Waals surface area contributed by atoms with Gasteiger partial charge in [-0.3, -0.25) is 9.59 Å². The molecule has 7 nitrogen and oxygen atoms in total. The number of hydrogen-bond donors (Lipinski definition) is 1. The number of hydrogen-bond acceptors (Lipinski definition) is 5. The first kappa shape index (κ1) is 21.5. The molecule has 3 aromatic carbocycles. The number of nitrogens with one attached hydrogen (secondary N) is 1. The largest absolute Gasteiger partial charge is 0.493 e. The maximum absolute atomic E-state index is 12.7. The van der Waals surface area contributed by atoms with Crippen LogP contribution in [0.3, 0.4) is 0 Å². The highest BCUT2D eigenvalue weighted by Crippen LogP contribution is 2.37. The normalized spacial score (nSPS) is 11.5. The first-order chi connectivity index (χ1) is 16.6. The van der Waals surface area contributed by atoms with Crippen molar-refractivity contribution < 1.29 is 14.3 Å². The number of carbonyl (C=O) groups is 1. The minimum atomic E-state index is -0.358. The van der Waals surface area contributed by atoms with Crippen molar-refractivity contribution in [3.8, 4) is 33.9 Å². The Morgan fingerprint density at radius 2 is 1.71 bits per heavy atom. The summed E-state index contributed by atoms with van der Waals surface area (Å²) in [6.07, 6.45) is 0.837. The number of carbonyl (C=O) groups excluding carboxylic acids is 1. The molecule has 170 valence electrons. The van der Waals surface area contributed by atoms with E-state index in [1.165, 1.54) is 28.3 Å². The van der Waals surface area contributed by atoms with Gasteiger partial charge in [-0.05, 0) is 65.1 Å².